The zero-order valence-corrected chi connectivity index (χ0v) is 15.5. The van der Waals surface area contributed by atoms with Crippen LogP contribution in [0, 0.1) is 0 Å². The number of nitrogens with zero attached hydrogens (tertiary/aromatic N) is 1. The lowest BCUT2D eigenvalue weighted by Crippen LogP contribution is -2.34. The van der Waals surface area contributed by atoms with Crippen LogP contribution in [-0.2, 0) is 15.8 Å². The van der Waals surface area contributed by atoms with Crippen LogP contribution >= 0.6 is 7.29 Å². The van der Waals surface area contributed by atoms with E-state index < -0.39 is 13.3 Å². The van der Waals surface area contributed by atoms with Gasteiger partial charge < -0.3 is 14.4 Å². The lowest BCUT2D eigenvalue weighted by molar-refractivity contribution is -0.137. The topological polar surface area (TPSA) is 66.8 Å². The lowest BCUT2D eigenvalue weighted by atomic mass is 10.1. The highest BCUT2D eigenvalue weighted by Gasteiger charge is 2.37. The van der Waals surface area contributed by atoms with Crippen molar-refractivity contribution in [2.24, 2.45) is 0 Å². The van der Waals surface area contributed by atoms with Crippen molar-refractivity contribution in [3.8, 4) is 5.75 Å². The summed E-state index contributed by atoms with van der Waals surface area (Å²) in [5.74, 6) is -0.182. The van der Waals surface area contributed by atoms with Gasteiger partial charge in [0.15, 0.2) is 7.29 Å². The van der Waals surface area contributed by atoms with Gasteiger partial charge in [0, 0.05) is 17.9 Å². The Balaban J connectivity index is 3.03. The zero-order chi connectivity index (χ0) is 17.6. The number of rotatable bonds is 9. The highest BCUT2D eigenvalue weighted by atomic mass is 31.2. The van der Waals surface area contributed by atoms with Gasteiger partial charge in [-0.2, -0.15) is 0 Å². The number of ether oxygens (including phenoxy) is 1. The first-order valence-electron chi connectivity index (χ1n) is 7.92. The Morgan fingerprint density at radius 1 is 1.22 bits per heavy atom. The fourth-order valence-corrected chi connectivity index (χ4v) is 6.16. The van der Waals surface area contributed by atoms with E-state index in [-0.39, 0.29) is 17.9 Å². The third-order valence-electron chi connectivity index (χ3n) is 4.07. The van der Waals surface area contributed by atoms with Crippen molar-refractivity contribution in [3.63, 3.8) is 0 Å². The summed E-state index contributed by atoms with van der Waals surface area (Å²) in [4.78, 5) is 11.2. The maximum atomic E-state index is 13.5. The molecule has 0 aromatic heterocycles. The summed E-state index contributed by atoms with van der Waals surface area (Å²) in [6, 6.07) is 7.64. The van der Waals surface area contributed by atoms with Gasteiger partial charge in [-0.05, 0) is 18.1 Å². The number of carboxylic acid groups (broad SMARTS) is 1. The van der Waals surface area contributed by atoms with Crippen LogP contribution in [0.2, 0.25) is 0 Å². The molecule has 0 aliphatic heterocycles. The first-order chi connectivity index (χ1) is 10.7. The predicted octanol–water partition coefficient (Wildman–Crippen LogP) is 3.72. The molecule has 5 nitrogen and oxygen atoms in total. The van der Waals surface area contributed by atoms with Gasteiger partial charge in [0.25, 0.3) is 0 Å². The van der Waals surface area contributed by atoms with E-state index in [2.05, 4.69) is 0 Å². The average Bonchev–Trinajstić information content (AvgIpc) is 2.49. The maximum absolute atomic E-state index is 13.5. The molecule has 0 aliphatic carbocycles. The number of aliphatic carboxylic acids is 1. The fraction of sp³-hybridized carbons (Fsp3) is 0.588. The van der Waals surface area contributed by atoms with Crippen molar-refractivity contribution in [1.82, 2.24) is 4.67 Å². The molecule has 130 valence electrons. The van der Waals surface area contributed by atoms with Crippen LogP contribution in [-0.4, -0.2) is 47.3 Å². The second-order valence-corrected chi connectivity index (χ2v) is 10.2. The van der Waals surface area contributed by atoms with Crippen molar-refractivity contribution in [3.05, 3.63) is 29.8 Å². The van der Waals surface area contributed by atoms with E-state index >= 15 is 0 Å². The summed E-state index contributed by atoms with van der Waals surface area (Å²) >= 11 is 0. The Morgan fingerprint density at radius 3 is 2.26 bits per heavy atom. The van der Waals surface area contributed by atoms with Crippen LogP contribution in [0.1, 0.15) is 33.3 Å². The van der Waals surface area contributed by atoms with Crippen molar-refractivity contribution in [2.45, 2.75) is 45.4 Å². The zero-order valence-electron chi connectivity index (χ0n) is 14.7. The van der Waals surface area contributed by atoms with Crippen LogP contribution in [0.4, 0.5) is 0 Å². The second kappa shape index (κ2) is 8.51. The molecule has 0 radical (unpaired) electrons. The molecule has 1 rings (SSSR count). The summed E-state index contributed by atoms with van der Waals surface area (Å²) in [5, 5.41) is 9.22. The minimum absolute atomic E-state index is 0.0838. The molecular formula is C17H28NO4P. The molecule has 1 aromatic rings. The molecule has 23 heavy (non-hydrogen) atoms. The van der Waals surface area contributed by atoms with Crippen molar-refractivity contribution in [2.75, 3.05) is 20.2 Å². The Kier molecular flexibility index (Phi) is 7.30. The highest BCUT2D eigenvalue weighted by molar-refractivity contribution is 7.62. The van der Waals surface area contributed by atoms with E-state index in [1.165, 1.54) is 0 Å². The van der Waals surface area contributed by atoms with Crippen molar-refractivity contribution >= 4 is 13.3 Å². The van der Waals surface area contributed by atoms with E-state index in [4.69, 9.17) is 4.74 Å². The second-order valence-electron chi connectivity index (χ2n) is 6.20. The molecule has 1 N–H and O–H groups in total. The Morgan fingerprint density at radius 2 is 1.78 bits per heavy atom. The van der Waals surface area contributed by atoms with Gasteiger partial charge in [-0.15, -0.1) is 0 Å². The van der Waals surface area contributed by atoms with Gasteiger partial charge >= 0.3 is 5.97 Å². The minimum Gasteiger partial charge on any atom is -0.496 e. The maximum Gasteiger partial charge on any atom is 0.318 e. The average molecular weight is 341 g/mol. The smallest absolute Gasteiger partial charge is 0.318 e. The number of hydrogen-bond donors (Lipinski definition) is 1. The molecule has 0 bridgehead atoms. The van der Waals surface area contributed by atoms with Crippen LogP contribution < -0.4 is 4.74 Å². The lowest BCUT2D eigenvalue weighted by Gasteiger charge is -2.36. The molecule has 6 heteroatoms. The molecule has 0 atom stereocenters. The molecule has 0 amide bonds. The fourth-order valence-electron chi connectivity index (χ4n) is 2.91. The first-order valence-corrected chi connectivity index (χ1v) is 9.71. The van der Waals surface area contributed by atoms with E-state index in [9.17, 15) is 14.5 Å². The highest BCUT2D eigenvalue weighted by Crippen LogP contribution is 2.58. The van der Waals surface area contributed by atoms with E-state index in [0.29, 0.717) is 13.0 Å². The summed E-state index contributed by atoms with van der Waals surface area (Å²) in [7, 11) is -1.16. The molecule has 0 unspecified atom stereocenters. The summed E-state index contributed by atoms with van der Waals surface area (Å²) in [6.07, 6.45) is 0.598. The van der Waals surface area contributed by atoms with Crippen LogP contribution in [0.15, 0.2) is 24.3 Å². The Bertz CT molecular complexity index is 559. The number of methoxy groups -OCH3 is 1. The summed E-state index contributed by atoms with van der Waals surface area (Å²) < 4.78 is 20.5. The van der Waals surface area contributed by atoms with Gasteiger partial charge in [-0.3, -0.25) is 4.79 Å². The molecular weight excluding hydrogens is 313 g/mol. The largest absolute Gasteiger partial charge is 0.496 e. The Hall–Kier alpha value is -1.32. The monoisotopic (exact) mass is 341 g/mol. The summed E-state index contributed by atoms with van der Waals surface area (Å²) in [6.45, 7) is 7.83. The third kappa shape index (κ3) is 4.82. The van der Waals surface area contributed by atoms with Crippen LogP contribution in [0.3, 0.4) is 0 Å². The molecule has 0 aliphatic rings. The number of carbonyl (C=O) groups is 1. The SMILES string of the molecule is COc1ccccc1CCN(CC(=O)O)P(=O)(C(C)C)C(C)C. The van der Waals surface area contributed by atoms with Gasteiger partial charge in [-0.25, -0.2) is 4.67 Å². The quantitative estimate of drug-likeness (QED) is 0.694. The minimum atomic E-state index is -2.78. The molecule has 0 heterocycles. The van der Waals surface area contributed by atoms with Crippen LogP contribution in [0.25, 0.3) is 0 Å². The van der Waals surface area contributed by atoms with Gasteiger partial charge in [0.05, 0.1) is 7.11 Å². The van der Waals surface area contributed by atoms with Gasteiger partial charge in [-0.1, -0.05) is 45.9 Å². The van der Waals surface area contributed by atoms with Crippen molar-refractivity contribution in [1.29, 1.82) is 0 Å². The summed E-state index contributed by atoms with van der Waals surface area (Å²) in [5.41, 5.74) is 0.823. The van der Waals surface area contributed by atoms with Crippen LogP contribution in [0.5, 0.6) is 5.75 Å². The third-order valence-corrected chi connectivity index (χ3v) is 8.26. The molecule has 0 saturated heterocycles. The number of para-hydroxylation sites is 1. The number of hydrogen-bond acceptors (Lipinski definition) is 3. The van der Waals surface area contributed by atoms with E-state index in [0.717, 1.165) is 11.3 Å². The van der Waals surface area contributed by atoms with Gasteiger partial charge in [0.2, 0.25) is 0 Å². The normalized spacial score (nSPS) is 12.2. The first kappa shape index (κ1) is 19.7. The Labute approximate surface area is 139 Å². The van der Waals surface area contributed by atoms with E-state index in [1.54, 1.807) is 11.8 Å². The number of benzene rings is 1. The standard InChI is InChI=1S/C17H28NO4P/c1-13(2)23(21,14(3)4)18(12-17(19)20)11-10-15-8-6-7-9-16(15)22-5/h6-9,13-14H,10-12H2,1-5H3,(H,19,20). The number of carboxylic acids is 1. The molecule has 0 fully saturated rings. The van der Waals surface area contributed by atoms with E-state index in [1.807, 2.05) is 52.0 Å². The van der Waals surface area contributed by atoms with Gasteiger partial charge in [0.1, 0.15) is 12.3 Å². The van der Waals surface area contributed by atoms with Crippen molar-refractivity contribution < 1.29 is 19.2 Å². The molecule has 1 aromatic carbocycles. The molecule has 0 saturated carbocycles. The predicted molar refractivity (Wildman–Crippen MR) is 93.8 cm³/mol. The molecule has 0 spiro atoms.